The fourth-order valence-electron chi connectivity index (χ4n) is 0.640. The highest BCUT2D eigenvalue weighted by molar-refractivity contribution is 7.80. The van der Waals surface area contributed by atoms with Crippen LogP contribution >= 0.6 is 12.2 Å². The Morgan fingerprint density at radius 1 is 1.88 bits per heavy atom. The first-order valence-corrected chi connectivity index (χ1v) is 3.16. The second-order valence-electron chi connectivity index (χ2n) is 2.08. The Morgan fingerprint density at radius 2 is 2.62 bits per heavy atom. The molecule has 0 spiro atoms. The van der Waals surface area contributed by atoms with Crippen LogP contribution in [0, 0.1) is 5.92 Å². The molecule has 0 bridgehead atoms. The van der Waals surface area contributed by atoms with Crippen molar-refractivity contribution in [1.29, 1.82) is 0 Å². The largest absolute Gasteiger partial charge is 0.376 e. The summed E-state index contributed by atoms with van der Waals surface area (Å²) in [6.45, 7) is 3.15. The lowest BCUT2D eigenvalue weighted by molar-refractivity contribution is 0.682. The molecule has 8 heavy (non-hydrogen) atoms. The summed E-state index contributed by atoms with van der Waals surface area (Å²) in [7, 11) is 0. The molecule has 0 fully saturated rings. The number of thiocarbonyl (C=S) groups is 1. The first kappa shape index (κ1) is 5.76. The predicted molar refractivity (Wildman–Crippen MR) is 38.9 cm³/mol. The van der Waals surface area contributed by atoms with E-state index in [1.54, 1.807) is 0 Å². The second-order valence-corrected chi connectivity index (χ2v) is 2.52. The van der Waals surface area contributed by atoms with Crippen LogP contribution in [-0.2, 0) is 0 Å². The van der Waals surface area contributed by atoms with Gasteiger partial charge in [0.2, 0.25) is 0 Å². The molecule has 1 nitrogen and oxygen atoms in total. The molecule has 1 aliphatic rings. The minimum absolute atomic E-state index is 0.640. The van der Waals surface area contributed by atoms with Gasteiger partial charge in [0.15, 0.2) is 0 Å². The van der Waals surface area contributed by atoms with Crippen LogP contribution in [0.5, 0.6) is 0 Å². The third-order valence-corrected chi connectivity index (χ3v) is 1.45. The summed E-state index contributed by atoms with van der Waals surface area (Å²) in [6.07, 6.45) is 4.07. The maximum Gasteiger partial charge on any atom is 0.0985 e. The van der Waals surface area contributed by atoms with Crippen LogP contribution < -0.4 is 5.32 Å². The summed E-state index contributed by atoms with van der Waals surface area (Å²) < 4.78 is 0. The van der Waals surface area contributed by atoms with Gasteiger partial charge in [-0.05, 0) is 12.0 Å². The van der Waals surface area contributed by atoms with Gasteiger partial charge in [-0.1, -0.05) is 25.2 Å². The number of nitrogens with one attached hydrogen (secondary N) is 1. The zero-order valence-corrected chi connectivity index (χ0v) is 5.66. The van der Waals surface area contributed by atoms with Gasteiger partial charge in [-0.25, -0.2) is 0 Å². The van der Waals surface area contributed by atoms with Crippen molar-refractivity contribution in [3.05, 3.63) is 12.2 Å². The van der Waals surface area contributed by atoms with Crippen molar-refractivity contribution in [3.63, 3.8) is 0 Å². The average molecular weight is 127 g/mol. The van der Waals surface area contributed by atoms with Gasteiger partial charge in [-0.3, -0.25) is 0 Å². The molecule has 0 aliphatic carbocycles. The maximum absolute atomic E-state index is 4.86. The summed E-state index contributed by atoms with van der Waals surface area (Å²) in [5, 5.41) is 3.08. The minimum Gasteiger partial charge on any atom is -0.376 e. The first-order valence-electron chi connectivity index (χ1n) is 2.75. The molecular weight excluding hydrogens is 118 g/mol. The summed E-state index contributed by atoms with van der Waals surface area (Å²) in [6, 6.07) is 0. The molecule has 0 saturated heterocycles. The SMILES string of the molecule is CC1C=CC(=S)NC1. The van der Waals surface area contributed by atoms with Gasteiger partial charge >= 0.3 is 0 Å². The zero-order valence-electron chi connectivity index (χ0n) is 4.85. The summed E-state index contributed by atoms with van der Waals surface area (Å²) >= 11 is 4.86. The quantitative estimate of drug-likeness (QED) is 0.489. The van der Waals surface area contributed by atoms with Gasteiger partial charge in [-0.15, -0.1) is 0 Å². The van der Waals surface area contributed by atoms with Crippen molar-refractivity contribution >= 4 is 17.2 Å². The molecule has 1 aliphatic heterocycles. The van der Waals surface area contributed by atoms with Gasteiger partial charge < -0.3 is 5.32 Å². The summed E-state index contributed by atoms with van der Waals surface area (Å²) in [4.78, 5) is 0.864. The Bertz CT molecular complexity index is 128. The van der Waals surface area contributed by atoms with E-state index in [2.05, 4.69) is 18.3 Å². The average Bonchev–Trinajstić information content (AvgIpc) is 1.77. The Morgan fingerprint density at radius 3 is 3.00 bits per heavy atom. The topological polar surface area (TPSA) is 12.0 Å². The van der Waals surface area contributed by atoms with E-state index in [9.17, 15) is 0 Å². The standard InChI is InChI=1S/C6H9NS/c1-5-2-3-6(8)7-4-5/h2-3,5H,4H2,1H3,(H,7,8). The fourth-order valence-corrected chi connectivity index (χ4v) is 0.802. The fraction of sp³-hybridized carbons (Fsp3) is 0.500. The normalized spacial score (nSPS) is 27.6. The van der Waals surface area contributed by atoms with Crippen LogP contribution in [0.1, 0.15) is 6.92 Å². The van der Waals surface area contributed by atoms with Gasteiger partial charge in [0.1, 0.15) is 0 Å². The molecular formula is C6H9NS. The highest BCUT2D eigenvalue weighted by atomic mass is 32.1. The molecule has 1 rings (SSSR count). The van der Waals surface area contributed by atoms with Gasteiger partial charge in [0.25, 0.3) is 0 Å². The summed E-state index contributed by atoms with van der Waals surface area (Å²) in [5.74, 6) is 0.640. The molecule has 44 valence electrons. The van der Waals surface area contributed by atoms with E-state index in [1.165, 1.54) is 0 Å². The van der Waals surface area contributed by atoms with E-state index in [0.717, 1.165) is 11.5 Å². The van der Waals surface area contributed by atoms with Crippen molar-refractivity contribution in [1.82, 2.24) is 5.32 Å². The van der Waals surface area contributed by atoms with Crippen LogP contribution in [0.25, 0.3) is 0 Å². The lowest BCUT2D eigenvalue weighted by Crippen LogP contribution is -2.28. The third-order valence-electron chi connectivity index (χ3n) is 1.17. The first-order chi connectivity index (χ1) is 3.79. The van der Waals surface area contributed by atoms with Crippen LogP contribution in [0.15, 0.2) is 12.2 Å². The van der Waals surface area contributed by atoms with Crippen LogP contribution in [0.2, 0.25) is 0 Å². The van der Waals surface area contributed by atoms with E-state index in [1.807, 2.05) is 6.08 Å². The molecule has 0 aromatic carbocycles. The molecule has 2 heteroatoms. The lowest BCUT2D eigenvalue weighted by Gasteiger charge is -2.13. The van der Waals surface area contributed by atoms with Crippen molar-refractivity contribution in [3.8, 4) is 0 Å². The molecule has 0 aromatic rings. The van der Waals surface area contributed by atoms with E-state index in [4.69, 9.17) is 12.2 Å². The number of hydrogen-bond donors (Lipinski definition) is 1. The Kier molecular flexibility index (Phi) is 1.63. The molecule has 0 radical (unpaired) electrons. The van der Waals surface area contributed by atoms with E-state index >= 15 is 0 Å². The Labute approximate surface area is 54.8 Å². The van der Waals surface area contributed by atoms with Gasteiger partial charge in [0, 0.05) is 6.54 Å². The highest BCUT2D eigenvalue weighted by Gasteiger charge is 2.01. The van der Waals surface area contributed by atoms with Gasteiger partial charge in [-0.2, -0.15) is 0 Å². The van der Waals surface area contributed by atoms with Crippen LogP contribution in [-0.4, -0.2) is 11.5 Å². The molecule has 1 N–H and O–H groups in total. The number of hydrogen-bond acceptors (Lipinski definition) is 1. The molecule has 1 heterocycles. The molecule has 0 saturated carbocycles. The molecule has 1 unspecified atom stereocenters. The highest BCUT2D eigenvalue weighted by Crippen LogP contribution is 1.99. The Hall–Kier alpha value is -0.370. The van der Waals surface area contributed by atoms with Crippen molar-refractivity contribution in [2.75, 3.05) is 6.54 Å². The monoisotopic (exact) mass is 127 g/mol. The maximum atomic E-state index is 4.86. The third kappa shape index (κ3) is 1.30. The lowest BCUT2D eigenvalue weighted by atomic mass is 10.1. The molecule has 0 aromatic heterocycles. The van der Waals surface area contributed by atoms with E-state index in [-0.39, 0.29) is 0 Å². The Balaban J connectivity index is 2.55. The van der Waals surface area contributed by atoms with Crippen LogP contribution in [0.4, 0.5) is 0 Å². The zero-order chi connectivity index (χ0) is 5.98. The van der Waals surface area contributed by atoms with E-state index in [0.29, 0.717) is 5.92 Å². The predicted octanol–water partition coefficient (Wildman–Crippen LogP) is 1.11. The summed E-state index contributed by atoms with van der Waals surface area (Å²) in [5.41, 5.74) is 0. The second kappa shape index (κ2) is 2.27. The smallest absolute Gasteiger partial charge is 0.0985 e. The number of rotatable bonds is 0. The van der Waals surface area contributed by atoms with Crippen molar-refractivity contribution < 1.29 is 0 Å². The minimum atomic E-state index is 0.640. The molecule has 0 amide bonds. The van der Waals surface area contributed by atoms with Crippen molar-refractivity contribution in [2.24, 2.45) is 5.92 Å². The molecule has 1 atom stereocenters. The van der Waals surface area contributed by atoms with Gasteiger partial charge in [0.05, 0.1) is 4.99 Å². The van der Waals surface area contributed by atoms with Crippen molar-refractivity contribution in [2.45, 2.75) is 6.92 Å². The van der Waals surface area contributed by atoms with E-state index < -0.39 is 0 Å². The van der Waals surface area contributed by atoms with Crippen LogP contribution in [0.3, 0.4) is 0 Å².